The lowest BCUT2D eigenvalue weighted by Crippen LogP contribution is -2.40. The van der Waals surface area contributed by atoms with Gasteiger partial charge in [-0.3, -0.25) is 9.69 Å². The first-order valence-corrected chi connectivity index (χ1v) is 10.7. The summed E-state index contributed by atoms with van der Waals surface area (Å²) in [6.45, 7) is 7.13. The minimum absolute atomic E-state index is 0.0795. The molecule has 1 aromatic carbocycles. The molecule has 2 aliphatic heterocycles. The maximum atomic E-state index is 13.3. The highest BCUT2D eigenvalue weighted by molar-refractivity contribution is 5.99. The van der Waals surface area contributed by atoms with Crippen molar-refractivity contribution in [2.24, 2.45) is 0 Å². The van der Waals surface area contributed by atoms with Gasteiger partial charge in [0.25, 0.3) is 5.91 Å². The number of nitrogens with zero attached hydrogens (tertiary/aromatic N) is 4. The molecular weight excluding hydrogens is 380 g/mol. The average Bonchev–Trinajstić information content (AvgIpc) is 3.05. The number of hydrogen-bond donors (Lipinski definition) is 0. The number of methoxy groups -OCH3 is 1. The molecule has 0 atom stereocenters. The fourth-order valence-electron chi connectivity index (χ4n) is 4.08. The number of anilines is 1. The highest BCUT2D eigenvalue weighted by Gasteiger charge is 2.25. The van der Waals surface area contributed by atoms with E-state index in [2.05, 4.69) is 26.9 Å². The molecule has 0 N–H and O–H groups in total. The third-order valence-corrected chi connectivity index (χ3v) is 5.77. The molecule has 3 heterocycles. The second-order valence-corrected chi connectivity index (χ2v) is 7.74. The second kappa shape index (κ2) is 9.91. The quantitative estimate of drug-likeness (QED) is 0.754. The van der Waals surface area contributed by atoms with Crippen molar-refractivity contribution in [2.75, 3.05) is 64.5 Å². The normalized spacial score (nSPS) is 18.2. The maximum Gasteiger partial charge on any atom is 0.257 e. The van der Waals surface area contributed by atoms with Crippen molar-refractivity contribution in [3.05, 3.63) is 53.7 Å². The van der Waals surface area contributed by atoms with E-state index in [1.165, 1.54) is 5.56 Å². The third kappa shape index (κ3) is 4.91. The first-order valence-electron chi connectivity index (χ1n) is 10.7. The van der Waals surface area contributed by atoms with Crippen LogP contribution in [0.2, 0.25) is 0 Å². The van der Waals surface area contributed by atoms with Crippen LogP contribution >= 0.6 is 0 Å². The van der Waals surface area contributed by atoms with Crippen LogP contribution in [0.1, 0.15) is 22.3 Å². The zero-order chi connectivity index (χ0) is 20.8. The summed E-state index contributed by atoms with van der Waals surface area (Å²) in [5, 5.41) is 0. The fraction of sp³-hybridized carbons (Fsp3) is 0.478. The number of rotatable bonds is 5. The first kappa shape index (κ1) is 20.6. The lowest BCUT2D eigenvalue weighted by atomic mass is 10.2. The summed E-state index contributed by atoms with van der Waals surface area (Å²) >= 11 is 0. The fourth-order valence-corrected chi connectivity index (χ4v) is 4.08. The van der Waals surface area contributed by atoms with Crippen LogP contribution in [0.5, 0.6) is 5.75 Å². The molecular formula is C23H30N4O3. The van der Waals surface area contributed by atoms with E-state index in [9.17, 15) is 4.79 Å². The van der Waals surface area contributed by atoms with Gasteiger partial charge in [-0.25, -0.2) is 4.98 Å². The Labute approximate surface area is 178 Å². The average molecular weight is 411 g/mol. The number of aromatic nitrogens is 1. The molecule has 2 aromatic rings. The van der Waals surface area contributed by atoms with Crippen LogP contribution in [0.15, 0.2) is 42.6 Å². The highest BCUT2D eigenvalue weighted by Crippen LogP contribution is 2.21. The van der Waals surface area contributed by atoms with Crippen molar-refractivity contribution < 1.29 is 14.3 Å². The van der Waals surface area contributed by atoms with Gasteiger partial charge in [0.15, 0.2) is 0 Å². The van der Waals surface area contributed by atoms with Gasteiger partial charge in [-0.15, -0.1) is 0 Å². The second-order valence-electron chi connectivity index (χ2n) is 7.74. The summed E-state index contributed by atoms with van der Waals surface area (Å²) in [7, 11) is 1.68. The number of morpholine rings is 1. The van der Waals surface area contributed by atoms with Crippen LogP contribution in [-0.2, 0) is 11.3 Å². The molecule has 30 heavy (non-hydrogen) atoms. The maximum absolute atomic E-state index is 13.3. The topological polar surface area (TPSA) is 58.1 Å². The lowest BCUT2D eigenvalue weighted by molar-refractivity contribution is 0.0760. The molecule has 0 radical (unpaired) electrons. The van der Waals surface area contributed by atoms with Crippen molar-refractivity contribution >= 4 is 11.7 Å². The van der Waals surface area contributed by atoms with Crippen LogP contribution in [-0.4, -0.2) is 80.3 Å². The van der Waals surface area contributed by atoms with Gasteiger partial charge in [-0.1, -0.05) is 12.1 Å². The van der Waals surface area contributed by atoms with Crippen molar-refractivity contribution in [1.29, 1.82) is 0 Å². The molecule has 0 unspecified atom stereocenters. The summed E-state index contributed by atoms with van der Waals surface area (Å²) in [6, 6.07) is 12.0. The third-order valence-electron chi connectivity index (χ3n) is 5.77. The van der Waals surface area contributed by atoms with Gasteiger partial charge >= 0.3 is 0 Å². The Morgan fingerprint density at radius 2 is 1.83 bits per heavy atom. The molecule has 1 amide bonds. The van der Waals surface area contributed by atoms with E-state index in [1.54, 1.807) is 13.3 Å². The summed E-state index contributed by atoms with van der Waals surface area (Å²) in [5.41, 5.74) is 1.96. The predicted octanol–water partition coefficient (Wildman–Crippen LogP) is 2.27. The molecule has 2 fully saturated rings. The molecule has 0 spiro atoms. The summed E-state index contributed by atoms with van der Waals surface area (Å²) < 4.78 is 10.7. The molecule has 7 nitrogen and oxygen atoms in total. The number of carbonyl (C=O) groups is 1. The van der Waals surface area contributed by atoms with E-state index < -0.39 is 0 Å². The van der Waals surface area contributed by atoms with Crippen LogP contribution in [0.3, 0.4) is 0 Å². The van der Waals surface area contributed by atoms with Gasteiger partial charge in [0.05, 0.1) is 25.9 Å². The lowest BCUT2D eigenvalue weighted by Gasteiger charge is -2.30. The van der Waals surface area contributed by atoms with E-state index in [-0.39, 0.29) is 5.91 Å². The van der Waals surface area contributed by atoms with Gasteiger partial charge < -0.3 is 19.3 Å². The van der Waals surface area contributed by atoms with E-state index >= 15 is 0 Å². The smallest absolute Gasteiger partial charge is 0.257 e. The molecule has 2 aliphatic rings. The SMILES string of the molecule is COc1ccc(CN2CCCN(C(=O)c3cccnc3N3CCOCC3)CC2)cc1. The molecule has 7 heteroatoms. The highest BCUT2D eigenvalue weighted by atomic mass is 16.5. The monoisotopic (exact) mass is 410 g/mol. The molecule has 0 bridgehead atoms. The Hall–Kier alpha value is -2.64. The Balaban J connectivity index is 1.40. The number of carbonyl (C=O) groups excluding carboxylic acids is 1. The minimum Gasteiger partial charge on any atom is -0.497 e. The van der Waals surface area contributed by atoms with Gasteiger partial charge in [0.1, 0.15) is 11.6 Å². The van der Waals surface area contributed by atoms with Crippen LogP contribution in [0.25, 0.3) is 0 Å². The molecule has 160 valence electrons. The van der Waals surface area contributed by atoms with Crippen molar-refractivity contribution in [2.45, 2.75) is 13.0 Å². The van der Waals surface area contributed by atoms with E-state index in [0.29, 0.717) is 18.8 Å². The Morgan fingerprint density at radius 1 is 1.03 bits per heavy atom. The Kier molecular flexibility index (Phi) is 6.81. The summed E-state index contributed by atoms with van der Waals surface area (Å²) in [5.74, 6) is 1.74. The molecule has 1 aromatic heterocycles. The van der Waals surface area contributed by atoms with Crippen molar-refractivity contribution in [3.63, 3.8) is 0 Å². The summed E-state index contributed by atoms with van der Waals surface area (Å²) in [4.78, 5) is 24.4. The van der Waals surface area contributed by atoms with Gasteiger partial charge in [0, 0.05) is 52.0 Å². The number of benzene rings is 1. The van der Waals surface area contributed by atoms with Crippen molar-refractivity contribution in [1.82, 2.24) is 14.8 Å². The standard InChI is InChI=1S/C23H30N4O3/c1-29-20-7-5-19(6-8-20)18-25-10-3-11-27(13-12-25)23(28)21-4-2-9-24-22(21)26-14-16-30-17-15-26/h2,4-9H,3,10-18H2,1H3. The van der Waals surface area contributed by atoms with E-state index in [1.807, 2.05) is 29.2 Å². The number of ether oxygens (including phenoxy) is 2. The van der Waals surface area contributed by atoms with Gasteiger partial charge in [-0.2, -0.15) is 0 Å². The van der Waals surface area contributed by atoms with Crippen LogP contribution < -0.4 is 9.64 Å². The van der Waals surface area contributed by atoms with E-state index in [0.717, 1.165) is 63.8 Å². The molecule has 0 aliphatic carbocycles. The predicted molar refractivity (Wildman–Crippen MR) is 116 cm³/mol. The van der Waals surface area contributed by atoms with Crippen LogP contribution in [0, 0.1) is 0 Å². The largest absolute Gasteiger partial charge is 0.497 e. The molecule has 4 rings (SSSR count). The van der Waals surface area contributed by atoms with E-state index in [4.69, 9.17) is 9.47 Å². The zero-order valence-corrected chi connectivity index (χ0v) is 17.6. The van der Waals surface area contributed by atoms with Gasteiger partial charge in [0.2, 0.25) is 0 Å². The minimum atomic E-state index is 0.0795. The Morgan fingerprint density at radius 3 is 2.60 bits per heavy atom. The molecule has 2 saturated heterocycles. The number of pyridine rings is 1. The van der Waals surface area contributed by atoms with Gasteiger partial charge in [-0.05, 0) is 36.2 Å². The van der Waals surface area contributed by atoms with Crippen LogP contribution in [0.4, 0.5) is 5.82 Å². The first-order chi connectivity index (χ1) is 14.7. The molecule has 0 saturated carbocycles. The number of amides is 1. The zero-order valence-electron chi connectivity index (χ0n) is 17.6. The van der Waals surface area contributed by atoms with Crippen molar-refractivity contribution in [3.8, 4) is 5.75 Å². The Bertz CT molecular complexity index is 837. The number of hydrogen-bond acceptors (Lipinski definition) is 6. The summed E-state index contributed by atoms with van der Waals surface area (Å²) in [6.07, 6.45) is 2.73.